The van der Waals surface area contributed by atoms with E-state index < -0.39 is 0 Å². The van der Waals surface area contributed by atoms with Gasteiger partial charge in [-0.15, -0.1) is 0 Å². The second-order valence-corrected chi connectivity index (χ2v) is 3.97. The van der Waals surface area contributed by atoms with Crippen molar-refractivity contribution < 1.29 is 0 Å². The van der Waals surface area contributed by atoms with Crippen molar-refractivity contribution in [2.24, 2.45) is 19.8 Å². The van der Waals surface area contributed by atoms with Crippen LogP contribution < -0.4 is 11.1 Å². The molecule has 0 fully saturated rings. The van der Waals surface area contributed by atoms with E-state index in [9.17, 15) is 0 Å². The van der Waals surface area contributed by atoms with Crippen LogP contribution in [0.15, 0.2) is 24.8 Å². The number of aromatic nitrogens is 4. The minimum absolute atomic E-state index is 0.0291. The van der Waals surface area contributed by atoms with E-state index in [1.54, 1.807) is 12.4 Å². The predicted molar refractivity (Wildman–Crippen MR) is 65.3 cm³/mol. The second-order valence-electron chi connectivity index (χ2n) is 3.97. The highest BCUT2D eigenvalue weighted by Crippen LogP contribution is 2.17. The highest BCUT2D eigenvalue weighted by molar-refractivity contribution is 5.12. The van der Waals surface area contributed by atoms with Crippen LogP contribution in [-0.2, 0) is 14.1 Å². The smallest absolute Gasteiger partial charge is 0.133 e. The summed E-state index contributed by atoms with van der Waals surface area (Å²) in [6.45, 7) is 1.32. The van der Waals surface area contributed by atoms with E-state index in [1.807, 2.05) is 35.6 Å². The van der Waals surface area contributed by atoms with Crippen LogP contribution in [0.2, 0.25) is 0 Å². The zero-order chi connectivity index (χ0) is 12.3. The fourth-order valence-electron chi connectivity index (χ4n) is 1.84. The minimum atomic E-state index is -0.0291. The largest absolute Gasteiger partial charge is 0.336 e. The Balaban J connectivity index is 2.32. The van der Waals surface area contributed by atoms with Gasteiger partial charge in [0.2, 0.25) is 0 Å². The molecule has 0 bridgehead atoms. The van der Waals surface area contributed by atoms with Gasteiger partial charge in [-0.3, -0.25) is 5.32 Å². The first-order chi connectivity index (χ1) is 8.24. The third-order valence-electron chi connectivity index (χ3n) is 2.73. The average molecular weight is 234 g/mol. The molecular weight excluding hydrogens is 216 g/mol. The molecule has 0 radical (unpaired) electrons. The van der Waals surface area contributed by atoms with Gasteiger partial charge in [-0.1, -0.05) is 0 Å². The standard InChI is InChI=1S/C11H18N6/c1-16-7-5-14-10(16)9(13-4-3-12)11-15-6-8-17(11)2/h5-9,13H,3-4,12H2,1-2H3. The van der Waals surface area contributed by atoms with Crippen LogP contribution in [0.3, 0.4) is 0 Å². The number of imidazole rings is 2. The Hall–Kier alpha value is -1.66. The Bertz CT molecular complexity index is 432. The van der Waals surface area contributed by atoms with E-state index in [0.717, 1.165) is 18.2 Å². The molecule has 0 saturated carbocycles. The lowest BCUT2D eigenvalue weighted by Crippen LogP contribution is -2.31. The topological polar surface area (TPSA) is 73.7 Å². The van der Waals surface area contributed by atoms with Crippen molar-refractivity contribution in [3.05, 3.63) is 36.4 Å². The summed E-state index contributed by atoms with van der Waals surface area (Å²) >= 11 is 0. The number of hydrogen-bond donors (Lipinski definition) is 2. The third-order valence-corrected chi connectivity index (χ3v) is 2.73. The van der Waals surface area contributed by atoms with Crippen molar-refractivity contribution in [2.45, 2.75) is 6.04 Å². The molecule has 0 unspecified atom stereocenters. The minimum Gasteiger partial charge on any atom is -0.336 e. The van der Waals surface area contributed by atoms with E-state index >= 15 is 0 Å². The lowest BCUT2D eigenvalue weighted by molar-refractivity contribution is 0.526. The lowest BCUT2D eigenvalue weighted by Gasteiger charge is -2.17. The maximum absolute atomic E-state index is 5.54. The van der Waals surface area contributed by atoms with Crippen molar-refractivity contribution in [3.8, 4) is 0 Å². The summed E-state index contributed by atoms with van der Waals surface area (Å²) in [6.07, 6.45) is 7.43. The monoisotopic (exact) mass is 234 g/mol. The molecule has 0 spiro atoms. The number of rotatable bonds is 5. The molecule has 0 aliphatic rings. The van der Waals surface area contributed by atoms with Gasteiger partial charge in [0.05, 0.1) is 0 Å². The SMILES string of the molecule is Cn1ccnc1C(NCCN)c1nccn1C. The van der Waals surface area contributed by atoms with Gasteiger partial charge in [0.25, 0.3) is 0 Å². The molecule has 92 valence electrons. The van der Waals surface area contributed by atoms with Gasteiger partial charge in [0.1, 0.15) is 17.7 Å². The quantitative estimate of drug-likeness (QED) is 0.751. The number of nitrogens with one attached hydrogen (secondary N) is 1. The fraction of sp³-hybridized carbons (Fsp3) is 0.455. The molecule has 2 heterocycles. The number of nitrogens with zero attached hydrogens (tertiary/aromatic N) is 4. The van der Waals surface area contributed by atoms with Crippen LogP contribution in [-0.4, -0.2) is 32.2 Å². The number of hydrogen-bond acceptors (Lipinski definition) is 4. The normalized spacial score (nSPS) is 11.3. The Labute approximate surface area is 100 Å². The fourth-order valence-corrected chi connectivity index (χ4v) is 1.84. The molecule has 6 nitrogen and oxygen atoms in total. The first-order valence-electron chi connectivity index (χ1n) is 5.62. The molecule has 0 saturated heterocycles. The van der Waals surface area contributed by atoms with Gasteiger partial charge in [-0.25, -0.2) is 9.97 Å². The van der Waals surface area contributed by atoms with Gasteiger partial charge >= 0.3 is 0 Å². The van der Waals surface area contributed by atoms with Crippen LogP contribution in [0, 0.1) is 0 Å². The molecule has 0 aliphatic heterocycles. The number of aryl methyl sites for hydroxylation is 2. The Morgan fingerprint density at radius 3 is 2.06 bits per heavy atom. The van der Waals surface area contributed by atoms with Crippen molar-refractivity contribution in [1.82, 2.24) is 24.4 Å². The summed E-state index contributed by atoms with van der Waals surface area (Å²) in [4.78, 5) is 8.74. The van der Waals surface area contributed by atoms with Gasteiger partial charge in [0.15, 0.2) is 0 Å². The highest BCUT2D eigenvalue weighted by atomic mass is 15.2. The van der Waals surface area contributed by atoms with Crippen molar-refractivity contribution in [3.63, 3.8) is 0 Å². The molecule has 6 heteroatoms. The summed E-state index contributed by atoms with van der Waals surface area (Å²) in [6, 6.07) is -0.0291. The Morgan fingerprint density at radius 2 is 1.71 bits per heavy atom. The van der Waals surface area contributed by atoms with Crippen LogP contribution in [0.25, 0.3) is 0 Å². The predicted octanol–water partition coefficient (Wildman–Crippen LogP) is -0.209. The Morgan fingerprint density at radius 1 is 1.18 bits per heavy atom. The molecular formula is C11H18N6. The molecule has 0 aromatic carbocycles. The second kappa shape index (κ2) is 5.11. The zero-order valence-corrected chi connectivity index (χ0v) is 10.2. The lowest BCUT2D eigenvalue weighted by atomic mass is 10.2. The molecule has 2 aromatic heterocycles. The number of nitrogens with two attached hydrogens (primary N) is 1. The van der Waals surface area contributed by atoms with E-state index in [2.05, 4.69) is 15.3 Å². The molecule has 0 amide bonds. The van der Waals surface area contributed by atoms with Gasteiger partial charge in [-0.2, -0.15) is 0 Å². The van der Waals surface area contributed by atoms with Gasteiger partial charge in [-0.05, 0) is 0 Å². The first kappa shape index (κ1) is 11.8. The summed E-state index contributed by atoms with van der Waals surface area (Å²) in [5.41, 5.74) is 5.54. The van der Waals surface area contributed by atoms with Crippen LogP contribution >= 0.6 is 0 Å². The van der Waals surface area contributed by atoms with E-state index in [4.69, 9.17) is 5.73 Å². The highest BCUT2D eigenvalue weighted by Gasteiger charge is 2.20. The van der Waals surface area contributed by atoms with Crippen molar-refractivity contribution in [2.75, 3.05) is 13.1 Å². The molecule has 0 aliphatic carbocycles. The van der Waals surface area contributed by atoms with Crippen LogP contribution in [0.4, 0.5) is 0 Å². The summed E-state index contributed by atoms with van der Waals surface area (Å²) < 4.78 is 3.98. The molecule has 0 atom stereocenters. The van der Waals surface area contributed by atoms with Gasteiger partial charge in [0, 0.05) is 52.0 Å². The third kappa shape index (κ3) is 2.37. The first-order valence-corrected chi connectivity index (χ1v) is 5.62. The Kier molecular flexibility index (Phi) is 3.55. The maximum Gasteiger partial charge on any atom is 0.133 e. The van der Waals surface area contributed by atoms with Crippen molar-refractivity contribution in [1.29, 1.82) is 0 Å². The molecule has 17 heavy (non-hydrogen) atoms. The van der Waals surface area contributed by atoms with Gasteiger partial charge < -0.3 is 14.9 Å². The summed E-state index contributed by atoms with van der Waals surface area (Å²) in [7, 11) is 3.95. The van der Waals surface area contributed by atoms with E-state index in [1.165, 1.54) is 0 Å². The summed E-state index contributed by atoms with van der Waals surface area (Å²) in [5, 5.41) is 3.36. The van der Waals surface area contributed by atoms with Crippen LogP contribution in [0.5, 0.6) is 0 Å². The van der Waals surface area contributed by atoms with E-state index in [-0.39, 0.29) is 6.04 Å². The molecule has 3 N–H and O–H groups in total. The zero-order valence-electron chi connectivity index (χ0n) is 10.2. The molecule has 2 rings (SSSR count). The maximum atomic E-state index is 5.54. The molecule has 2 aromatic rings. The van der Waals surface area contributed by atoms with Crippen molar-refractivity contribution >= 4 is 0 Å². The average Bonchev–Trinajstić information content (AvgIpc) is 2.90. The van der Waals surface area contributed by atoms with E-state index in [0.29, 0.717) is 6.54 Å². The van der Waals surface area contributed by atoms with Crippen LogP contribution in [0.1, 0.15) is 17.7 Å². The summed E-state index contributed by atoms with van der Waals surface area (Å²) in [5.74, 6) is 1.88.